The fourth-order valence-corrected chi connectivity index (χ4v) is 3.07. The molecule has 3 rings (SSSR count). The summed E-state index contributed by atoms with van der Waals surface area (Å²) < 4.78 is 0. The highest BCUT2D eigenvalue weighted by atomic mass is 15.2. The summed E-state index contributed by atoms with van der Waals surface area (Å²) >= 11 is 0. The van der Waals surface area contributed by atoms with Gasteiger partial charge in [0.05, 0.1) is 11.4 Å². The maximum Gasteiger partial charge on any atom is 0.0632 e. The van der Waals surface area contributed by atoms with Crippen molar-refractivity contribution in [2.75, 3.05) is 37.8 Å². The number of nitrogens with zero attached hydrogens (tertiary/aromatic N) is 3. The van der Waals surface area contributed by atoms with E-state index in [2.05, 4.69) is 41.0 Å². The summed E-state index contributed by atoms with van der Waals surface area (Å²) in [7, 11) is 4.35. The second-order valence-corrected chi connectivity index (χ2v) is 5.74. The van der Waals surface area contributed by atoms with Crippen LogP contribution in [0.5, 0.6) is 0 Å². The molecule has 1 aliphatic rings. The Labute approximate surface area is 120 Å². The second kappa shape index (κ2) is 5.29. The molecular weight excluding hydrogens is 248 g/mol. The zero-order chi connectivity index (χ0) is 14.1. The van der Waals surface area contributed by atoms with Crippen LogP contribution in [0, 0.1) is 0 Å². The summed E-state index contributed by atoms with van der Waals surface area (Å²) in [4.78, 5) is 8.89. The number of benzene rings is 1. The van der Waals surface area contributed by atoms with Gasteiger partial charge in [0.2, 0.25) is 0 Å². The summed E-state index contributed by atoms with van der Waals surface area (Å²) in [6.45, 7) is 2.32. The van der Waals surface area contributed by atoms with Crippen molar-refractivity contribution in [2.45, 2.75) is 18.9 Å². The van der Waals surface area contributed by atoms with Crippen molar-refractivity contribution in [3.63, 3.8) is 0 Å². The van der Waals surface area contributed by atoms with E-state index in [1.807, 2.05) is 12.3 Å². The summed E-state index contributed by atoms with van der Waals surface area (Å²) in [5.41, 5.74) is 8.38. The van der Waals surface area contributed by atoms with Gasteiger partial charge in [0.1, 0.15) is 0 Å². The molecule has 1 aliphatic heterocycles. The van der Waals surface area contributed by atoms with Gasteiger partial charge < -0.3 is 15.5 Å². The molecule has 20 heavy (non-hydrogen) atoms. The number of piperidine rings is 1. The van der Waals surface area contributed by atoms with Gasteiger partial charge in [-0.3, -0.25) is 4.98 Å². The standard InChI is InChI=1S/C16H22N4/c1-19-9-6-13(7-10-19)20(2)15-4-3-12-11-18-8-5-14(12)16(15)17/h3-5,8,11,13H,6-7,9-10,17H2,1-2H3. The van der Waals surface area contributed by atoms with Gasteiger partial charge in [0.25, 0.3) is 0 Å². The predicted molar refractivity (Wildman–Crippen MR) is 85.1 cm³/mol. The average Bonchev–Trinajstić information content (AvgIpc) is 2.48. The van der Waals surface area contributed by atoms with Crippen molar-refractivity contribution in [1.82, 2.24) is 9.88 Å². The smallest absolute Gasteiger partial charge is 0.0632 e. The molecule has 106 valence electrons. The minimum Gasteiger partial charge on any atom is -0.397 e. The largest absolute Gasteiger partial charge is 0.397 e. The van der Waals surface area contributed by atoms with Crippen LogP contribution in [0.4, 0.5) is 11.4 Å². The lowest BCUT2D eigenvalue weighted by Gasteiger charge is -2.37. The van der Waals surface area contributed by atoms with E-state index in [1.165, 1.54) is 12.8 Å². The minimum atomic E-state index is 0.577. The number of likely N-dealkylation sites (tertiary alicyclic amines) is 1. The van der Waals surface area contributed by atoms with Crippen molar-refractivity contribution < 1.29 is 0 Å². The van der Waals surface area contributed by atoms with Crippen molar-refractivity contribution in [2.24, 2.45) is 0 Å². The Hall–Kier alpha value is -1.81. The molecule has 4 nitrogen and oxygen atoms in total. The Bertz CT molecular complexity index is 602. The Kier molecular flexibility index (Phi) is 3.49. The Morgan fingerprint density at radius 2 is 2.00 bits per heavy atom. The van der Waals surface area contributed by atoms with Gasteiger partial charge in [-0.05, 0) is 45.1 Å². The highest BCUT2D eigenvalue weighted by molar-refractivity contribution is 5.98. The number of fused-ring (bicyclic) bond motifs is 1. The first kappa shape index (κ1) is 13.2. The molecule has 2 N–H and O–H groups in total. The molecule has 0 atom stereocenters. The molecule has 0 saturated carbocycles. The maximum atomic E-state index is 6.37. The third-order valence-corrected chi connectivity index (χ3v) is 4.45. The molecule has 1 aromatic carbocycles. The molecule has 0 radical (unpaired) electrons. The van der Waals surface area contributed by atoms with Crippen LogP contribution < -0.4 is 10.6 Å². The van der Waals surface area contributed by atoms with Gasteiger partial charge in [0.15, 0.2) is 0 Å². The average molecular weight is 270 g/mol. The van der Waals surface area contributed by atoms with E-state index in [-0.39, 0.29) is 0 Å². The third kappa shape index (κ3) is 2.31. The lowest BCUT2D eigenvalue weighted by molar-refractivity contribution is 0.253. The van der Waals surface area contributed by atoms with Gasteiger partial charge in [-0.1, -0.05) is 6.07 Å². The highest BCUT2D eigenvalue weighted by Gasteiger charge is 2.22. The third-order valence-electron chi connectivity index (χ3n) is 4.45. The molecule has 0 spiro atoms. The van der Waals surface area contributed by atoms with Crippen LogP contribution in [0.3, 0.4) is 0 Å². The van der Waals surface area contributed by atoms with E-state index in [0.29, 0.717) is 6.04 Å². The maximum absolute atomic E-state index is 6.37. The molecule has 2 heterocycles. The number of aromatic nitrogens is 1. The molecule has 0 bridgehead atoms. The molecule has 0 amide bonds. The fourth-order valence-electron chi connectivity index (χ4n) is 3.07. The number of nitrogen functional groups attached to an aromatic ring is 1. The predicted octanol–water partition coefficient (Wildman–Crippen LogP) is 2.35. The molecule has 1 aromatic heterocycles. The molecule has 1 fully saturated rings. The van der Waals surface area contributed by atoms with Crippen molar-refractivity contribution in [1.29, 1.82) is 0 Å². The van der Waals surface area contributed by atoms with E-state index in [4.69, 9.17) is 5.73 Å². The van der Waals surface area contributed by atoms with Crippen LogP contribution >= 0.6 is 0 Å². The van der Waals surface area contributed by atoms with Gasteiger partial charge >= 0.3 is 0 Å². The van der Waals surface area contributed by atoms with Crippen molar-refractivity contribution in [3.8, 4) is 0 Å². The van der Waals surface area contributed by atoms with E-state index < -0.39 is 0 Å². The molecule has 2 aromatic rings. The zero-order valence-corrected chi connectivity index (χ0v) is 12.2. The van der Waals surface area contributed by atoms with Crippen LogP contribution in [-0.2, 0) is 0 Å². The first-order valence-electron chi connectivity index (χ1n) is 7.20. The monoisotopic (exact) mass is 270 g/mol. The normalized spacial score (nSPS) is 17.5. The van der Waals surface area contributed by atoms with Crippen LogP contribution in [0.1, 0.15) is 12.8 Å². The molecule has 0 aliphatic carbocycles. The van der Waals surface area contributed by atoms with Gasteiger partial charge in [-0.15, -0.1) is 0 Å². The Morgan fingerprint density at radius 3 is 2.75 bits per heavy atom. The number of hydrogen-bond donors (Lipinski definition) is 1. The van der Waals surface area contributed by atoms with Crippen LogP contribution in [-0.4, -0.2) is 43.1 Å². The van der Waals surface area contributed by atoms with Crippen LogP contribution in [0.15, 0.2) is 30.6 Å². The lowest BCUT2D eigenvalue weighted by atomic mass is 10.0. The number of nitrogens with two attached hydrogens (primary N) is 1. The quantitative estimate of drug-likeness (QED) is 0.851. The number of hydrogen-bond acceptors (Lipinski definition) is 4. The second-order valence-electron chi connectivity index (χ2n) is 5.74. The Balaban J connectivity index is 1.91. The van der Waals surface area contributed by atoms with Crippen molar-refractivity contribution in [3.05, 3.63) is 30.6 Å². The van der Waals surface area contributed by atoms with Crippen LogP contribution in [0.2, 0.25) is 0 Å². The van der Waals surface area contributed by atoms with Gasteiger partial charge in [0, 0.05) is 36.3 Å². The van der Waals surface area contributed by atoms with Gasteiger partial charge in [-0.25, -0.2) is 0 Å². The summed E-state index contributed by atoms with van der Waals surface area (Å²) in [6.07, 6.45) is 6.06. The molecule has 1 saturated heterocycles. The molecule has 0 unspecified atom stereocenters. The SMILES string of the molecule is CN1CCC(N(C)c2ccc3cnccc3c2N)CC1. The number of pyridine rings is 1. The fraction of sp³-hybridized carbons (Fsp3) is 0.438. The topological polar surface area (TPSA) is 45.4 Å². The van der Waals surface area contributed by atoms with Crippen molar-refractivity contribution >= 4 is 22.1 Å². The van der Waals surface area contributed by atoms with E-state index in [9.17, 15) is 0 Å². The Morgan fingerprint density at radius 1 is 1.25 bits per heavy atom. The molecule has 4 heteroatoms. The zero-order valence-electron chi connectivity index (χ0n) is 12.2. The number of rotatable bonds is 2. The summed E-state index contributed by atoms with van der Waals surface area (Å²) in [6, 6.07) is 6.81. The lowest BCUT2D eigenvalue weighted by Crippen LogP contribution is -2.42. The number of anilines is 2. The van der Waals surface area contributed by atoms with Crippen LogP contribution in [0.25, 0.3) is 10.8 Å². The van der Waals surface area contributed by atoms with E-state index >= 15 is 0 Å². The van der Waals surface area contributed by atoms with Gasteiger partial charge in [-0.2, -0.15) is 0 Å². The first-order chi connectivity index (χ1) is 9.66. The first-order valence-corrected chi connectivity index (χ1v) is 7.20. The summed E-state index contributed by atoms with van der Waals surface area (Å²) in [5, 5.41) is 2.20. The summed E-state index contributed by atoms with van der Waals surface area (Å²) in [5.74, 6) is 0. The highest BCUT2D eigenvalue weighted by Crippen LogP contribution is 2.32. The minimum absolute atomic E-state index is 0.577. The molecular formula is C16H22N4. The van der Waals surface area contributed by atoms with E-state index in [0.717, 1.165) is 35.2 Å². The van der Waals surface area contributed by atoms with E-state index in [1.54, 1.807) is 6.20 Å².